The van der Waals surface area contributed by atoms with Crippen molar-refractivity contribution in [2.24, 2.45) is 0 Å². The van der Waals surface area contributed by atoms with Crippen LogP contribution in [0.15, 0.2) is 29.0 Å². The van der Waals surface area contributed by atoms with Crippen LogP contribution in [0.1, 0.15) is 23.1 Å². The molecule has 5 nitrogen and oxygen atoms in total. The third-order valence-corrected chi connectivity index (χ3v) is 3.61. The first-order valence-electron chi connectivity index (χ1n) is 5.95. The lowest BCUT2D eigenvalue weighted by atomic mass is 10.1. The van der Waals surface area contributed by atoms with Crippen LogP contribution in [0.3, 0.4) is 0 Å². The normalized spacial score (nSPS) is 12.1. The molecule has 2 rings (SSSR count). The minimum absolute atomic E-state index is 0.325. The lowest BCUT2D eigenvalue weighted by Crippen LogP contribution is -2.07. The van der Waals surface area contributed by atoms with Crippen LogP contribution in [0.2, 0.25) is 0 Å². The topological polar surface area (TPSA) is 64.5 Å². The molecule has 0 saturated heterocycles. The minimum Gasteiger partial charge on any atom is -0.495 e. The molecule has 106 valence electrons. The van der Waals surface area contributed by atoms with Gasteiger partial charge in [-0.1, -0.05) is 0 Å². The van der Waals surface area contributed by atoms with Gasteiger partial charge >= 0.3 is 0 Å². The molecule has 0 fully saturated rings. The van der Waals surface area contributed by atoms with Crippen molar-refractivity contribution in [3.63, 3.8) is 0 Å². The summed E-state index contributed by atoms with van der Waals surface area (Å²) in [5, 5.41) is 10.4. The van der Waals surface area contributed by atoms with E-state index in [0.29, 0.717) is 27.4 Å². The van der Waals surface area contributed by atoms with Crippen LogP contribution < -0.4 is 9.47 Å². The zero-order valence-electron chi connectivity index (χ0n) is 11.4. The standard InChI is InChI=1S/C14H15BrN2O3/c1-8-6-16-14(17-7-8)12(18)9-4-5-10(19-2)11(15)13(9)20-3/h4-7,12,18H,1-3H3. The van der Waals surface area contributed by atoms with Crippen molar-refractivity contribution in [2.45, 2.75) is 13.0 Å². The molecule has 6 heteroatoms. The minimum atomic E-state index is -0.965. The maximum absolute atomic E-state index is 10.4. The van der Waals surface area contributed by atoms with Gasteiger partial charge in [0.05, 0.1) is 14.2 Å². The maximum atomic E-state index is 10.4. The molecule has 0 amide bonds. The van der Waals surface area contributed by atoms with Gasteiger partial charge < -0.3 is 14.6 Å². The van der Waals surface area contributed by atoms with Crippen LogP contribution in [0.5, 0.6) is 11.5 Å². The number of methoxy groups -OCH3 is 2. The summed E-state index contributed by atoms with van der Waals surface area (Å²) >= 11 is 3.40. The Bertz CT molecular complexity index is 602. The SMILES string of the molecule is COc1ccc(C(O)c2ncc(C)cn2)c(OC)c1Br. The van der Waals surface area contributed by atoms with Gasteiger partial charge in [-0.05, 0) is 40.5 Å². The van der Waals surface area contributed by atoms with E-state index in [-0.39, 0.29) is 0 Å². The van der Waals surface area contributed by atoms with Crippen LogP contribution in [0.4, 0.5) is 0 Å². The van der Waals surface area contributed by atoms with E-state index in [9.17, 15) is 5.11 Å². The van der Waals surface area contributed by atoms with E-state index in [2.05, 4.69) is 25.9 Å². The molecule has 0 radical (unpaired) electrons. The van der Waals surface area contributed by atoms with Crippen LogP contribution in [-0.2, 0) is 0 Å². The van der Waals surface area contributed by atoms with E-state index in [0.717, 1.165) is 5.56 Å². The van der Waals surface area contributed by atoms with Crippen LogP contribution in [0.25, 0.3) is 0 Å². The van der Waals surface area contributed by atoms with Crippen molar-refractivity contribution >= 4 is 15.9 Å². The van der Waals surface area contributed by atoms with Crippen molar-refractivity contribution in [3.05, 3.63) is 46.0 Å². The Balaban J connectivity index is 2.46. The van der Waals surface area contributed by atoms with E-state index in [1.807, 2.05) is 6.92 Å². The number of aliphatic hydroxyl groups is 1. The average molecular weight is 339 g/mol. The molecule has 0 aliphatic heterocycles. The molecule has 1 unspecified atom stereocenters. The number of ether oxygens (including phenoxy) is 2. The van der Waals surface area contributed by atoms with Crippen LogP contribution >= 0.6 is 15.9 Å². The van der Waals surface area contributed by atoms with Gasteiger partial charge in [0.15, 0.2) is 5.82 Å². The number of aromatic nitrogens is 2. The Hall–Kier alpha value is -1.66. The molecule has 0 saturated carbocycles. The van der Waals surface area contributed by atoms with Gasteiger partial charge in [-0.2, -0.15) is 0 Å². The zero-order chi connectivity index (χ0) is 14.7. The van der Waals surface area contributed by atoms with Gasteiger partial charge in [-0.25, -0.2) is 9.97 Å². The van der Waals surface area contributed by atoms with E-state index >= 15 is 0 Å². The van der Waals surface area contributed by atoms with Gasteiger partial charge in [0.1, 0.15) is 22.1 Å². The summed E-state index contributed by atoms with van der Waals surface area (Å²) in [4.78, 5) is 8.28. The van der Waals surface area contributed by atoms with Gasteiger partial charge in [0, 0.05) is 18.0 Å². The first-order chi connectivity index (χ1) is 9.58. The maximum Gasteiger partial charge on any atom is 0.161 e. The molecular weight excluding hydrogens is 324 g/mol. The Morgan fingerprint density at radius 2 is 1.80 bits per heavy atom. The summed E-state index contributed by atoms with van der Waals surface area (Å²) in [5.41, 5.74) is 1.51. The summed E-state index contributed by atoms with van der Waals surface area (Å²) in [7, 11) is 3.10. The molecule has 20 heavy (non-hydrogen) atoms. The predicted octanol–water partition coefficient (Wildman–Crippen LogP) is 2.65. The summed E-state index contributed by atoms with van der Waals surface area (Å²) in [6.07, 6.45) is 2.36. The molecule has 0 bridgehead atoms. The van der Waals surface area contributed by atoms with Crippen LogP contribution in [-0.4, -0.2) is 29.3 Å². The predicted molar refractivity (Wildman–Crippen MR) is 78.1 cm³/mol. The third kappa shape index (κ3) is 2.76. The average Bonchev–Trinajstić information content (AvgIpc) is 2.47. The number of nitrogens with zero attached hydrogens (tertiary/aromatic N) is 2. The summed E-state index contributed by atoms with van der Waals surface area (Å²) in [6, 6.07) is 3.48. The molecule has 1 aromatic carbocycles. The highest BCUT2D eigenvalue weighted by Crippen LogP contribution is 2.40. The fourth-order valence-electron chi connectivity index (χ4n) is 1.82. The molecule has 1 atom stereocenters. The summed E-state index contributed by atoms with van der Waals surface area (Å²) < 4.78 is 11.2. The van der Waals surface area contributed by atoms with Gasteiger partial charge in [0.2, 0.25) is 0 Å². The highest BCUT2D eigenvalue weighted by atomic mass is 79.9. The molecule has 0 aliphatic rings. The number of hydrogen-bond donors (Lipinski definition) is 1. The van der Waals surface area contributed by atoms with E-state index in [4.69, 9.17) is 9.47 Å². The largest absolute Gasteiger partial charge is 0.495 e. The highest BCUT2D eigenvalue weighted by molar-refractivity contribution is 9.10. The van der Waals surface area contributed by atoms with E-state index in [1.54, 1.807) is 31.6 Å². The van der Waals surface area contributed by atoms with Gasteiger partial charge in [-0.3, -0.25) is 0 Å². The Labute approximate surface area is 125 Å². The number of halogens is 1. The van der Waals surface area contributed by atoms with Crippen molar-refractivity contribution in [1.29, 1.82) is 0 Å². The fourth-order valence-corrected chi connectivity index (χ4v) is 2.50. The first-order valence-corrected chi connectivity index (χ1v) is 6.74. The molecule has 1 N–H and O–H groups in total. The Kier molecular flexibility index (Phi) is 4.57. The van der Waals surface area contributed by atoms with Crippen molar-refractivity contribution in [3.8, 4) is 11.5 Å². The number of hydrogen-bond acceptors (Lipinski definition) is 5. The lowest BCUT2D eigenvalue weighted by Gasteiger charge is -2.16. The molecular formula is C14H15BrN2O3. The van der Waals surface area contributed by atoms with Crippen molar-refractivity contribution < 1.29 is 14.6 Å². The molecule has 1 heterocycles. The summed E-state index contributed by atoms with van der Waals surface area (Å²) in [6.45, 7) is 1.89. The van der Waals surface area contributed by atoms with Crippen molar-refractivity contribution in [1.82, 2.24) is 9.97 Å². The zero-order valence-corrected chi connectivity index (χ0v) is 13.0. The smallest absolute Gasteiger partial charge is 0.161 e. The number of rotatable bonds is 4. The van der Waals surface area contributed by atoms with Gasteiger partial charge in [0.25, 0.3) is 0 Å². The molecule has 0 aliphatic carbocycles. The third-order valence-electron chi connectivity index (χ3n) is 2.86. The quantitative estimate of drug-likeness (QED) is 0.928. The second kappa shape index (κ2) is 6.19. The monoisotopic (exact) mass is 338 g/mol. The van der Waals surface area contributed by atoms with Gasteiger partial charge in [-0.15, -0.1) is 0 Å². The number of benzene rings is 1. The lowest BCUT2D eigenvalue weighted by molar-refractivity contribution is 0.204. The molecule has 0 spiro atoms. The van der Waals surface area contributed by atoms with E-state index < -0.39 is 6.10 Å². The highest BCUT2D eigenvalue weighted by Gasteiger charge is 2.21. The molecule has 1 aromatic heterocycles. The number of aryl methyl sites for hydroxylation is 1. The Morgan fingerprint density at radius 3 is 2.35 bits per heavy atom. The molecule has 2 aromatic rings. The van der Waals surface area contributed by atoms with Crippen LogP contribution in [0, 0.1) is 6.92 Å². The number of aliphatic hydroxyl groups excluding tert-OH is 1. The van der Waals surface area contributed by atoms with Crippen molar-refractivity contribution in [2.75, 3.05) is 14.2 Å². The Morgan fingerprint density at radius 1 is 1.15 bits per heavy atom. The second-order valence-corrected chi connectivity index (χ2v) is 5.02. The van der Waals surface area contributed by atoms with E-state index in [1.165, 1.54) is 7.11 Å². The first kappa shape index (κ1) is 14.7. The fraction of sp³-hybridized carbons (Fsp3) is 0.286. The summed E-state index contributed by atoms with van der Waals surface area (Å²) in [5.74, 6) is 1.45. The second-order valence-electron chi connectivity index (χ2n) is 4.23.